The lowest BCUT2D eigenvalue weighted by molar-refractivity contribution is 0.0673. The van der Waals surface area contributed by atoms with Crippen molar-refractivity contribution in [1.82, 2.24) is 4.90 Å². The molecule has 0 aliphatic carbocycles. The van der Waals surface area contributed by atoms with E-state index < -0.39 is 0 Å². The van der Waals surface area contributed by atoms with E-state index in [1.807, 2.05) is 65.6 Å². The van der Waals surface area contributed by atoms with Gasteiger partial charge in [0.25, 0.3) is 5.91 Å². The highest BCUT2D eigenvalue weighted by atomic mass is 16.2. The number of benzene rings is 3. The number of nitrogens with zero attached hydrogens (tertiary/aromatic N) is 1. The molecule has 5 rings (SSSR count). The number of hydrogen-bond acceptors (Lipinski definition) is 3. The van der Waals surface area contributed by atoms with Gasteiger partial charge in [0.15, 0.2) is 5.78 Å². The first-order chi connectivity index (χ1) is 14.1. The number of anilines is 1. The Kier molecular flexibility index (Phi) is 4.35. The van der Waals surface area contributed by atoms with Crippen molar-refractivity contribution in [2.24, 2.45) is 0 Å². The zero-order valence-electron chi connectivity index (χ0n) is 16.4. The fraction of sp³-hybridized carbons (Fsp3) is 0.280. The minimum absolute atomic E-state index is 0.0932. The number of hydrogen-bond donors (Lipinski definition) is 1. The Labute approximate surface area is 170 Å². The fourth-order valence-corrected chi connectivity index (χ4v) is 4.69. The summed E-state index contributed by atoms with van der Waals surface area (Å²) >= 11 is 0. The Balaban J connectivity index is 1.33. The van der Waals surface area contributed by atoms with Crippen LogP contribution >= 0.6 is 0 Å². The number of para-hydroxylation sites is 1. The van der Waals surface area contributed by atoms with Crippen LogP contribution in [0.3, 0.4) is 0 Å². The molecule has 146 valence electrons. The lowest BCUT2D eigenvalue weighted by Gasteiger charge is -2.42. The molecule has 2 aliphatic heterocycles. The highest BCUT2D eigenvalue weighted by Crippen LogP contribution is 2.36. The molecule has 4 nitrogen and oxygen atoms in total. The van der Waals surface area contributed by atoms with Gasteiger partial charge in [-0.05, 0) is 54.3 Å². The third kappa shape index (κ3) is 3.29. The van der Waals surface area contributed by atoms with Gasteiger partial charge in [-0.3, -0.25) is 9.59 Å². The van der Waals surface area contributed by atoms with Gasteiger partial charge >= 0.3 is 0 Å². The van der Waals surface area contributed by atoms with Gasteiger partial charge in [0.1, 0.15) is 0 Å². The number of likely N-dealkylation sites (tertiary alicyclic amines) is 1. The van der Waals surface area contributed by atoms with Crippen LogP contribution in [-0.2, 0) is 0 Å². The van der Waals surface area contributed by atoms with Crippen molar-refractivity contribution >= 4 is 28.2 Å². The van der Waals surface area contributed by atoms with Gasteiger partial charge < -0.3 is 10.2 Å². The number of nitrogens with one attached hydrogen (secondary N) is 1. The zero-order chi connectivity index (χ0) is 19.8. The minimum atomic E-state index is -0.109. The summed E-state index contributed by atoms with van der Waals surface area (Å²) in [5.41, 5.74) is 2.36. The third-order valence-corrected chi connectivity index (χ3v) is 6.46. The quantitative estimate of drug-likeness (QED) is 0.649. The average Bonchev–Trinajstić information content (AvgIpc) is 2.90. The fourth-order valence-electron chi connectivity index (χ4n) is 4.69. The van der Waals surface area contributed by atoms with Crippen LogP contribution in [0.4, 0.5) is 5.69 Å². The number of amides is 1. The van der Waals surface area contributed by atoms with Gasteiger partial charge in [-0.2, -0.15) is 0 Å². The van der Waals surface area contributed by atoms with E-state index in [0.29, 0.717) is 19.5 Å². The third-order valence-electron chi connectivity index (χ3n) is 6.46. The second-order valence-electron chi connectivity index (χ2n) is 8.23. The summed E-state index contributed by atoms with van der Waals surface area (Å²) in [4.78, 5) is 27.5. The van der Waals surface area contributed by atoms with E-state index in [1.54, 1.807) is 0 Å². The van der Waals surface area contributed by atoms with Crippen molar-refractivity contribution in [2.75, 3.05) is 18.4 Å². The van der Waals surface area contributed by atoms with Gasteiger partial charge in [-0.1, -0.05) is 42.5 Å². The van der Waals surface area contributed by atoms with E-state index in [0.717, 1.165) is 46.8 Å². The van der Waals surface area contributed by atoms with E-state index in [9.17, 15) is 9.59 Å². The van der Waals surface area contributed by atoms with Crippen LogP contribution < -0.4 is 5.32 Å². The molecule has 1 saturated heterocycles. The molecule has 0 atom stereocenters. The van der Waals surface area contributed by atoms with E-state index in [1.165, 1.54) is 0 Å². The molecular weight excluding hydrogens is 360 g/mol. The number of Topliss-reactive ketones (excluding diaryl/α,β-unsaturated/α-hetero) is 1. The zero-order valence-corrected chi connectivity index (χ0v) is 16.4. The van der Waals surface area contributed by atoms with E-state index in [2.05, 4.69) is 11.4 Å². The normalized spacial score (nSPS) is 18.2. The maximum absolute atomic E-state index is 13.1. The average molecular weight is 384 g/mol. The Morgan fingerprint density at radius 1 is 0.862 bits per heavy atom. The smallest absolute Gasteiger partial charge is 0.253 e. The van der Waals surface area contributed by atoms with Crippen molar-refractivity contribution in [3.8, 4) is 0 Å². The number of carbonyl (C=O) groups excluding carboxylic acids is 2. The minimum Gasteiger partial charge on any atom is -0.379 e. The van der Waals surface area contributed by atoms with Crippen LogP contribution in [0.1, 0.15) is 46.4 Å². The lowest BCUT2D eigenvalue weighted by atomic mass is 9.83. The first-order valence-electron chi connectivity index (χ1n) is 10.3. The predicted molar refractivity (Wildman–Crippen MR) is 115 cm³/mol. The topological polar surface area (TPSA) is 49.4 Å². The van der Waals surface area contributed by atoms with Crippen molar-refractivity contribution in [2.45, 2.75) is 31.2 Å². The standard InChI is InChI=1S/C25H24N2O2/c28-23-11-12-25(26-22-8-4-3-7-21(22)23)13-15-27(16-14-25)24(29)20-10-9-18-5-1-2-6-19(18)17-20/h1-10,17,26H,11-16H2. The van der Waals surface area contributed by atoms with Gasteiger partial charge in [0.2, 0.25) is 0 Å². The summed E-state index contributed by atoms with van der Waals surface area (Å²) in [6.07, 6.45) is 3.09. The number of piperidine rings is 1. The molecule has 0 unspecified atom stereocenters. The van der Waals surface area contributed by atoms with Gasteiger partial charge in [0.05, 0.1) is 0 Å². The van der Waals surface area contributed by atoms with Crippen molar-refractivity contribution < 1.29 is 9.59 Å². The molecule has 0 radical (unpaired) electrons. The number of fused-ring (bicyclic) bond motifs is 2. The van der Waals surface area contributed by atoms with E-state index >= 15 is 0 Å². The summed E-state index contributed by atoms with van der Waals surface area (Å²) < 4.78 is 0. The molecule has 1 spiro atoms. The molecule has 4 heteroatoms. The van der Waals surface area contributed by atoms with E-state index in [-0.39, 0.29) is 17.2 Å². The van der Waals surface area contributed by atoms with Crippen LogP contribution in [0.25, 0.3) is 10.8 Å². The van der Waals surface area contributed by atoms with E-state index in [4.69, 9.17) is 0 Å². The maximum atomic E-state index is 13.1. The Bertz CT molecular complexity index is 1100. The second-order valence-corrected chi connectivity index (χ2v) is 8.23. The molecule has 1 fully saturated rings. The highest BCUT2D eigenvalue weighted by Gasteiger charge is 2.38. The molecule has 29 heavy (non-hydrogen) atoms. The van der Waals surface area contributed by atoms with Gasteiger partial charge in [-0.15, -0.1) is 0 Å². The first-order valence-corrected chi connectivity index (χ1v) is 10.3. The summed E-state index contributed by atoms with van der Waals surface area (Å²) in [6.45, 7) is 1.41. The molecule has 2 heterocycles. The van der Waals surface area contributed by atoms with Gasteiger partial charge in [0, 0.05) is 41.9 Å². The predicted octanol–water partition coefficient (Wildman–Crippen LogP) is 4.90. The molecule has 1 N–H and O–H groups in total. The Hall–Kier alpha value is -3.14. The van der Waals surface area contributed by atoms with Crippen molar-refractivity contribution in [1.29, 1.82) is 0 Å². The maximum Gasteiger partial charge on any atom is 0.253 e. The molecular formula is C25H24N2O2. The number of carbonyl (C=O) groups is 2. The molecule has 0 saturated carbocycles. The van der Waals surface area contributed by atoms with Crippen LogP contribution in [-0.4, -0.2) is 35.2 Å². The Morgan fingerprint density at radius 3 is 2.41 bits per heavy atom. The summed E-state index contributed by atoms with van der Waals surface area (Å²) in [5, 5.41) is 5.91. The summed E-state index contributed by atoms with van der Waals surface area (Å²) in [7, 11) is 0. The van der Waals surface area contributed by atoms with Crippen LogP contribution in [0, 0.1) is 0 Å². The molecule has 0 bridgehead atoms. The molecule has 1 amide bonds. The SMILES string of the molecule is O=C1CCC2(CCN(C(=O)c3ccc4ccccc4c3)CC2)Nc2ccccc21. The summed E-state index contributed by atoms with van der Waals surface area (Å²) in [5.74, 6) is 0.301. The Morgan fingerprint density at radius 2 is 1.59 bits per heavy atom. The monoisotopic (exact) mass is 384 g/mol. The number of rotatable bonds is 1. The lowest BCUT2D eigenvalue weighted by Crippen LogP contribution is -2.50. The van der Waals surface area contributed by atoms with Crippen LogP contribution in [0.15, 0.2) is 66.7 Å². The molecule has 2 aliphatic rings. The van der Waals surface area contributed by atoms with Crippen molar-refractivity contribution in [3.05, 3.63) is 77.9 Å². The van der Waals surface area contributed by atoms with Gasteiger partial charge in [-0.25, -0.2) is 0 Å². The largest absolute Gasteiger partial charge is 0.379 e. The summed E-state index contributed by atoms with van der Waals surface area (Å²) in [6, 6.07) is 21.8. The molecule has 3 aromatic carbocycles. The first kappa shape index (κ1) is 17.9. The van der Waals surface area contributed by atoms with Crippen LogP contribution in [0.5, 0.6) is 0 Å². The number of ketones is 1. The highest BCUT2D eigenvalue weighted by molar-refractivity contribution is 6.02. The second kappa shape index (κ2) is 7.03. The van der Waals surface area contributed by atoms with Crippen LogP contribution in [0.2, 0.25) is 0 Å². The van der Waals surface area contributed by atoms with Crippen molar-refractivity contribution in [3.63, 3.8) is 0 Å². The molecule has 3 aromatic rings. The molecule has 0 aromatic heterocycles.